The lowest BCUT2D eigenvalue weighted by molar-refractivity contribution is 0.233. The minimum Gasteiger partial charge on any atom is -0.395 e. The Kier molecular flexibility index (Phi) is 5.43. The summed E-state index contributed by atoms with van der Waals surface area (Å²) in [4.78, 5) is 4.38. The number of nitrogens with zero attached hydrogens (tertiary/aromatic N) is 1. The van der Waals surface area contributed by atoms with Crippen molar-refractivity contribution in [2.45, 2.75) is 39.3 Å². The maximum atomic E-state index is 9.08. The standard InChI is InChI=1S/C13H22N2O/c1-10(2)8-13(15-11(3)9-16)12-6-4-5-7-14-12/h4-7,10-11,13,15-16H,8-9H2,1-3H3/t11-,13?/m1/s1. The van der Waals surface area contributed by atoms with Crippen molar-refractivity contribution in [1.29, 1.82) is 0 Å². The number of pyridine rings is 1. The van der Waals surface area contributed by atoms with Gasteiger partial charge >= 0.3 is 0 Å². The van der Waals surface area contributed by atoms with Crippen molar-refractivity contribution in [3.8, 4) is 0 Å². The second-order valence-electron chi connectivity index (χ2n) is 4.69. The lowest BCUT2D eigenvalue weighted by atomic mass is 10.00. The van der Waals surface area contributed by atoms with Gasteiger partial charge < -0.3 is 10.4 Å². The number of aromatic nitrogens is 1. The maximum absolute atomic E-state index is 9.08. The zero-order chi connectivity index (χ0) is 12.0. The lowest BCUT2D eigenvalue weighted by Gasteiger charge is -2.23. The molecule has 0 aromatic carbocycles. The monoisotopic (exact) mass is 222 g/mol. The second-order valence-corrected chi connectivity index (χ2v) is 4.69. The van der Waals surface area contributed by atoms with E-state index in [0.717, 1.165) is 12.1 Å². The normalized spacial score (nSPS) is 15.1. The number of hydrogen-bond acceptors (Lipinski definition) is 3. The molecule has 1 aromatic rings. The summed E-state index contributed by atoms with van der Waals surface area (Å²) in [5.74, 6) is 0.602. The molecule has 0 aliphatic carbocycles. The van der Waals surface area contributed by atoms with E-state index in [1.165, 1.54) is 0 Å². The first kappa shape index (κ1) is 13.1. The molecule has 1 aromatic heterocycles. The molecule has 0 spiro atoms. The van der Waals surface area contributed by atoms with Gasteiger partial charge in [0.15, 0.2) is 0 Å². The van der Waals surface area contributed by atoms with Gasteiger partial charge in [-0.15, -0.1) is 0 Å². The Morgan fingerprint density at radius 3 is 2.56 bits per heavy atom. The minimum absolute atomic E-state index is 0.103. The molecule has 90 valence electrons. The summed E-state index contributed by atoms with van der Waals surface area (Å²) in [6.45, 7) is 6.53. The average Bonchev–Trinajstić information content (AvgIpc) is 2.28. The number of hydrogen-bond donors (Lipinski definition) is 2. The molecule has 0 amide bonds. The van der Waals surface area contributed by atoms with E-state index in [-0.39, 0.29) is 18.7 Å². The van der Waals surface area contributed by atoms with Crippen LogP contribution < -0.4 is 5.32 Å². The van der Waals surface area contributed by atoms with Crippen molar-refractivity contribution in [3.05, 3.63) is 30.1 Å². The fourth-order valence-corrected chi connectivity index (χ4v) is 1.72. The van der Waals surface area contributed by atoms with Crippen LogP contribution in [0.2, 0.25) is 0 Å². The van der Waals surface area contributed by atoms with Gasteiger partial charge in [-0.05, 0) is 31.4 Å². The highest BCUT2D eigenvalue weighted by Gasteiger charge is 2.16. The Morgan fingerprint density at radius 1 is 1.31 bits per heavy atom. The molecule has 3 nitrogen and oxygen atoms in total. The third-order valence-electron chi connectivity index (χ3n) is 2.51. The van der Waals surface area contributed by atoms with Crippen LogP contribution in [0.25, 0.3) is 0 Å². The molecule has 1 unspecified atom stereocenters. The van der Waals surface area contributed by atoms with Gasteiger partial charge in [-0.1, -0.05) is 19.9 Å². The number of aliphatic hydroxyl groups excluding tert-OH is 1. The van der Waals surface area contributed by atoms with Gasteiger partial charge in [0.1, 0.15) is 0 Å². The fourth-order valence-electron chi connectivity index (χ4n) is 1.72. The van der Waals surface area contributed by atoms with Crippen LogP contribution in [0.3, 0.4) is 0 Å². The first-order valence-corrected chi connectivity index (χ1v) is 5.91. The van der Waals surface area contributed by atoms with Gasteiger partial charge in [0.25, 0.3) is 0 Å². The number of rotatable bonds is 6. The predicted octanol–water partition coefficient (Wildman–Crippen LogP) is 2.14. The summed E-state index contributed by atoms with van der Waals surface area (Å²) in [6.07, 6.45) is 2.84. The average molecular weight is 222 g/mol. The summed E-state index contributed by atoms with van der Waals surface area (Å²) >= 11 is 0. The van der Waals surface area contributed by atoms with E-state index in [1.807, 2.05) is 31.3 Å². The van der Waals surface area contributed by atoms with Crippen LogP contribution in [-0.2, 0) is 0 Å². The highest BCUT2D eigenvalue weighted by Crippen LogP contribution is 2.19. The Bertz CT molecular complexity index is 287. The molecule has 0 saturated heterocycles. The Balaban J connectivity index is 2.71. The van der Waals surface area contributed by atoms with Crippen LogP contribution in [0.15, 0.2) is 24.4 Å². The van der Waals surface area contributed by atoms with Crippen LogP contribution in [0.4, 0.5) is 0 Å². The smallest absolute Gasteiger partial charge is 0.0582 e. The largest absolute Gasteiger partial charge is 0.395 e. The zero-order valence-electron chi connectivity index (χ0n) is 10.4. The van der Waals surface area contributed by atoms with Crippen LogP contribution in [-0.4, -0.2) is 22.7 Å². The Morgan fingerprint density at radius 2 is 2.06 bits per heavy atom. The molecule has 2 N–H and O–H groups in total. The van der Waals surface area contributed by atoms with Crippen molar-refractivity contribution in [1.82, 2.24) is 10.3 Å². The second kappa shape index (κ2) is 6.61. The van der Waals surface area contributed by atoms with Crippen LogP contribution in [0, 0.1) is 5.92 Å². The first-order chi connectivity index (χ1) is 7.63. The predicted molar refractivity (Wildman–Crippen MR) is 66.1 cm³/mol. The van der Waals surface area contributed by atoms with E-state index in [9.17, 15) is 0 Å². The topological polar surface area (TPSA) is 45.1 Å². The lowest BCUT2D eigenvalue weighted by Crippen LogP contribution is -2.34. The van der Waals surface area contributed by atoms with E-state index < -0.39 is 0 Å². The molecule has 0 bridgehead atoms. The molecule has 1 rings (SSSR count). The van der Waals surface area contributed by atoms with E-state index in [1.54, 1.807) is 0 Å². The maximum Gasteiger partial charge on any atom is 0.0582 e. The summed E-state index contributed by atoms with van der Waals surface area (Å²) in [5.41, 5.74) is 1.05. The molecule has 1 heterocycles. The zero-order valence-corrected chi connectivity index (χ0v) is 10.4. The van der Waals surface area contributed by atoms with Crippen molar-refractivity contribution in [3.63, 3.8) is 0 Å². The SMILES string of the molecule is CC(C)CC(N[C@H](C)CO)c1ccccn1. The molecule has 0 fully saturated rings. The number of aliphatic hydroxyl groups is 1. The third-order valence-corrected chi connectivity index (χ3v) is 2.51. The Labute approximate surface area is 97.9 Å². The summed E-state index contributed by atoms with van der Waals surface area (Å²) in [5, 5.41) is 12.5. The molecule has 0 radical (unpaired) electrons. The quantitative estimate of drug-likeness (QED) is 0.775. The molecule has 3 heteroatoms. The fraction of sp³-hybridized carbons (Fsp3) is 0.615. The van der Waals surface area contributed by atoms with Crippen molar-refractivity contribution in [2.24, 2.45) is 5.92 Å². The van der Waals surface area contributed by atoms with E-state index >= 15 is 0 Å². The van der Waals surface area contributed by atoms with Crippen molar-refractivity contribution >= 4 is 0 Å². The van der Waals surface area contributed by atoms with Crippen LogP contribution >= 0.6 is 0 Å². The van der Waals surface area contributed by atoms with Gasteiger partial charge in [-0.3, -0.25) is 4.98 Å². The van der Waals surface area contributed by atoms with Gasteiger partial charge in [-0.25, -0.2) is 0 Å². The third kappa shape index (κ3) is 4.29. The van der Waals surface area contributed by atoms with E-state index in [0.29, 0.717) is 5.92 Å². The molecule has 0 saturated carbocycles. The van der Waals surface area contributed by atoms with Crippen LogP contribution in [0.1, 0.15) is 38.9 Å². The van der Waals surface area contributed by atoms with Gasteiger partial charge in [-0.2, -0.15) is 0 Å². The minimum atomic E-state index is 0.103. The van der Waals surface area contributed by atoms with E-state index in [2.05, 4.69) is 24.1 Å². The molecule has 0 aliphatic rings. The van der Waals surface area contributed by atoms with Gasteiger partial charge in [0, 0.05) is 18.3 Å². The summed E-state index contributed by atoms with van der Waals surface area (Å²) in [6, 6.07) is 6.28. The van der Waals surface area contributed by atoms with Crippen molar-refractivity contribution in [2.75, 3.05) is 6.61 Å². The summed E-state index contributed by atoms with van der Waals surface area (Å²) < 4.78 is 0. The molecule has 16 heavy (non-hydrogen) atoms. The highest BCUT2D eigenvalue weighted by molar-refractivity contribution is 5.09. The Hall–Kier alpha value is -0.930. The number of nitrogens with one attached hydrogen (secondary N) is 1. The van der Waals surface area contributed by atoms with Crippen molar-refractivity contribution < 1.29 is 5.11 Å². The molecule has 2 atom stereocenters. The van der Waals surface area contributed by atoms with Crippen LogP contribution in [0.5, 0.6) is 0 Å². The first-order valence-electron chi connectivity index (χ1n) is 5.91. The summed E-state index contributed by atoms with van der Waals surface area (Å²) in [7, 11) is 0. The van der Waals surface area contributed by atoms with Gasteiger partial charge in [0.05, 0.1) is 12.3 Å². The van der Waals surface area contributed by atoms with E-state index in [4.69, 9.17) is 5.11 Å². The van der Waals surface area contributed by atoms with Gasteiger partial charge in [0.2, 0.25) is 0 Å². The molecule has 0 aliphatic heterocycles. The molecular formula is C13H22N2O. The molecular weight excluding hydrogens is 200 g/mol. The highest BCUT2D eigenvalue weighted by atomic mass is 16.3.